The fourth-order valence-corrected chi connectivity index (χ4v) is 3.08. The molecule has 3 rings (SSSR count). The lowest BCUT2D eigenvalue weighted by atomic mass is 10.2. The van der Waals surface area contributed by atoms with Crippen LogP contribution in [0.15, 0.2) is 24.3 Å². The van der Waals surface area contributed by atoms with Crippen molar-refractivity contribution < 1.29 is 13.5 Å². The van der Waals surface area contributed by atoms with Crippen molar-refractivity contribution in [3.05, 3.63) is 51.2 Å². The Morgan fingerprint density at radius 3 is 2.76 bits per heavy atom. The summed E-state index contributed by atoms with van der Waals surface area (Å²) in [6.07, 6.45) is 2.55. The van der Waals surface area contributed by atoms with Gasteiger partial charge in [-0.15, -0.1) is 11.3 Å². The number of halogens is 2. The predicted molar refractivity (Wildman–Crippen MR) is 79.6 cm³/mol. The Balaban J connectivity index is 1.59. The van der Waals surface area contributed by atoms with Gasteiger partial charge in [0.25, 0.3) is 0 Å². The zero-order valence-electron chi connectivity index (χ0n) is 11.8. The number of benzene rings is 1. The van der Waals surface area contributed by atoms with E-state index >= 15 is 0 Å². The molecule has 1 aliphatic carbocycles. The van der Waals surface area contributed by atoms with Crippen molar-refractivity contribution in [3.8, 4) is 5.75 Å². The van der Waals surface area contributed by atoms with Crippen molar-refractivity contribution in [1.82, 2.24) is 5.32 Å². The van der Waals surface area contributed by atoms with Crippen LogP contribution in [0.1, 0.15) is 28.2 Å². The quantitative estimate of drug-likeness (QED) is 0.865. The molecule has 0 atom stereocenters. The van der Waals surface area contributed by atoms with Gasteiger partial charge in [0.1, 0.15) is 12.4 Å². The van der Waals surface area contributed by atoms with Crippen LogP contribution in [0.3, 0.4) is 0 Å². The Kier molecular flexibility index (Phi) is 4.22. The van der Waals surface area contributed by atoms with E-state index in [1.807, 2.05) is 0 Å². The van der Waals surface area contributed by atoms with Gasteiger partial charge >= 0.3 is 0 Å². The number of hydrogen-bond acceptors (Lipinski definition) is 3. The van der Waals surface area contributed by atoms with E-state index in [2.05, 4.69) is 18.3 Å². The van der Waals surface area contributed by atoms with Crippen LogP contribution < -0.4 is 10.1 Å². The number of hydrogen-bond donors (Lipinski definition) is 1. The van der Waals surface area contributed by atoms with Crippen LogP contribution in [0.2, 0.25) is 0 Å². The smallest absolute Gasteiger partial charge is 0.162 e. The van der Waals surface area contributed by atoms with E-state index in [1.54, 1.807) is 11.3 Å². The number of nitrogens with one attached hydrogen (secondary N) is 1. The first-order valence-electron chi connectivity index (χ1n) is 7.01. The maximum Gasteiger partial charge on any atom is 0.162 e. The number of rotatable bonds is 6. The maximum atomic E-state index is 13.1. The zero-order chi connectivity index (χ0) is 14.8. The third-order valence-electron chi connectivity index (χ3n) is 3.50. The molecule has 0 unspecified atom stereocenters. The van der Waals surface area contributed by atoms with E-state index in [4.69, 9.17) is 4.74 Å². The van der Waals surface area contributed by atoms with Crippen molar-refractivity contribution in [3.63, 3.8) is 0 Å². The van der Waals surface area contributed by atoms with Crippen molar-refractivity contribution in [2.24, 2.45) is 0 Å². The average Bonchev–Trinajstić information content (AvgIpc) is 3.22. The summed E-state index contributed by atoms with van der Waals surface area (Å²) in [5, 5.41) is 3.48. The lowest BCUT2D eigenvalue weighted by Gasteiger charge is -2.06. The minimum atomic E-state index is -0.885. The Bertz CT molecular complexity index is 637. The summed E-state index contributed by atoms with van der Waals surface area (Å²) in [4.78, 5) is 2.48. The highest BCUT2D eigenvalue weighted by Crippen LogP contribution is 2.25. The molecule has 1 aliphatic rings. The van der Waals surface area contributed by atoms with Crippen molar-refractivity contribution in [2.75, 3.05) is 0 Å². The summed E-state index contributed by atoms with van der Waals surface area (Å²) in [6, 6.07) is 6.41. The molecule has 0 saturated heterocycles. The van der Waals surface area contributed by atoms with E-state index in [-0.39, 0.29) is 0 Å². The molecule has 112 valence electrons. The van der Waals surface area contributed by atoms with Crippen LogP contribution in [0.4, 0.5) is 8.78 Å². The number of aryl methyl sites for hydroxylation is 1. The van der Waals surface area contributed by atoms with Crippen molar-refractivity contribution in [1.29, 1.82) is 0 Å². The van der Waals surface area contributed by atoms with Gasteiger partial charge in [-0.1, -0.05) is 0 Å². The maximum absolute atomic E-state index is 13.1. The van der Waals surface area contributed by atoms with E-state index in [1.165, 1.54) is 28.7 Å². The van der Waals surface area contributed by atoms with E-state index < -0.39 is 11.6 Å². The van der Waals surface area contributed by atoms with Gasteiger partial charge in [0.05, 0.1) is 0 Å². The SMILES string of the molecule is Cc1sc(CNC2CC2)cc1COc1ccc(F)c(F)c1. The highest BCUT2D eigenvalue weighted by molar-refractivity contribution is 7.12. The molecular formula is C16H17F2NOS. The molecule has 2 nitrogen and oxygen atoms in total. The van der Waals surface area contributed by atoms with Gasteiger partial charge in [0, 0.05) is 34.0 Å². The first-order valence-corrected chi connectivity index (χ1v) is 7.83. The molecule has 5 heteroatoms. The number of thiophene rings is 1. The first kappa shape index (κ1) is 14.5. The van der Waals surface area contributed by atoms with Gasteiger partial charge in [0.2, 0.25) is 0 Å². The second-order valence-electron chi connectivity index (χ2n) is 5.31. The monoisotopic (exact) mass is 309 g/mol. The van der Waals surface area contributed by atoms with Crippen molar-refractivity contribution in [2.45, 2.75) is 39.0 Å². The van der Waals surface area contributed by atoms with Gasteiger partial charge in [0.15, 0.2) is 11.6 Å². The molecule has 1 aromatic heterocycles. The Labute approximate surface area is 126 Å². The van der Waals surface area contributed by atoms with Gasteiger partial charge in [-0.05, 0) is 38.0 Å². The fourth-order valence-electron chi connectivity index (χ4n) is 2.08. The van der Waals surface area contributed by atoms with E-state index in [0.29, 0.717) is 18.4 Å². The third-order valence-corrected chi connectivity index (χ3v) is 4.59. The van der Waals surface area contributed by atoms with Crippen molar-refractivity contribution >= 4 is 11.3 Å². The first-order chi connectivity index (χ1) is 10.1. The Morgan fingerprint density at radius 1 is 1.24 bits per heavy atom. The largest absolute Gasteiger partial charge is 0.489 e. The lowest BCUT2D eigenvalue weighted by molar-refractivity contribution is 0.303. The predicted octanol–water partition coefficient (Wildman–Crippen LogP) is 4.17. The molecule has 1 fully saturated rings. The van der Waals surface area contributed by atoms with Crippen LogP contribution in [0, 0.1) is 18.6 Å². The topological polar surface area (TPSA) is 21.3 Å². The highest BCUT2D eigenvalue weighted by Gasteiger charge is 2.20. The van der Waals surface area contributed by atoms with E-state index in [9.17, 15) is 8.78 Å². The molecule has 0 radical (unpaired) electrons. The summed E-state index contributed by atoms with van der Waals surface area (Å²) < 4.78 is 31.5. The molecule has 0 spiro atoms. The summed E-state index contributed by atoms with van der Waals surface area (Å²) >= 11 is 1.75. The van der Waals surface area contributed by atoms with Crippen LogP contribution in [-0.4, -0.2) is 6.04 Å². The molecule has 21 heavy (non-hydrogen) atoms. The molecule has 1 heterocycles. The molecule has 1 saturated carbocycles. The average molecular weight is 309 g/mol. The highest BCUT2D eigenvalue weighted by atomic mass is 32.1. The molecule has 2 aromatic rings. The molecular weight excluding hydrogens is 292 g/mol. The summed E-state index contributed by atoms with van der Waals surface area (Å²) in [6.45, 7) is 3.31. The minimum absolute atomic E-state index is 0.345. The minimum Gasteiger partial charge on any atom is -0.489 e. The van der Waals surface area contributed by atoms with Gasteiger partial charge in [-0.25, -0.2) is 8.78 Å². The van der Waals surface area contributed by atoms with Crippen LogP contribution in [-0.2, 0) is 13.2 Å². The second kappa shape index (κ2) is 6.12. The Hall–Kier alpha value is -1.46. The van der Waals surface area contributed by atoms with Gasteiger partial charge < -0.3 is 10.1 Å². The molecule has 1 N–H and O–H groups in total. The number of ether oxygens (including phenoxy) is 1. The zero-order valence-corrected chi connectivity index (χ0v) is 12.6. The summed E-state index contributed by atoms with van der Waals surface area (Å²) in [5.41, 5.74) is 1.09. The molecule has 0 amide bonds. The third kappa shape index (κ3) is 3.80. The lowest BCUT2D eigenvalue weighted by Crippen LogP contribution is -2.14. The fraction of sp³-hybridized carbons (Fsp3) is 0.375. The van der Waals surface area contributed by atoms with E-state index in [0.717, 1.165) is 24.2 Å². The van der Waals surface area contributed by atoms with Gasteiger partial charge in [-0.2, -0.15) is 0 Å². The standard InChI is InChI=1S/C16H17F2NOS/c1-10-11(6-14(21-10)8-19-12-2-3-12)9-20-13-4-5-15(17)16(18)7-13/h4-7,12,19H,2-3,8-9H2,1H3. The second-order valence-corrected chi connectivity index (χ2v) is 6.65. The molecule has 1 aromatic carbocycles. The normalized spacial score (nSPS) is 14.4. The van der Waals surface area contributed by atoms with Gasteiger partial charge in [-0.3, -0.25) is 0 Å². The van der Waals surface area contributed by atoms with Crippen LogP contribution in [0.5, 0.6) is 5.75 Å². The molecule has 0 aliphatic heterocycles. The van der Waals surface area contributed by atoms with Crippen LogP contribution in [0.25, 0.3) is 0 Å². The van der Waals surface area contributed by atoms with Crippen LogP contribution >= 0.6 is 11.3 Å². The summed E-state index contributed by atoms with van der Waals surface area (Å²) in [5.74, 6) is -1.40. The molecule has 0 bridgehead atoms. The Morgan fingerprint density at radius 2 is 2.05 bits per heavy atom. The summed E-state index contributed by atoms with van der Waals surface area (Å²) in [7, 11) is 0.